The predicted octanol–water partition coefficient (Wildman–Crippen LogP) is 1.92. The van der Waals surface area contributed by atoms with Gasteiger partial charge in [-0.15, -0.1) is 0 Å². The van der Waals surface area contributed by atoms with Crippen LogP contribution in [-0.4, -0.2) is 11.3 Å². The van der Waals surface area contributed by atoms with E-state index in [0.29, 0.717) is 5.92 Å². The molecule has 1 aliphatic heterocycles. The van der Waals surface area contributed by atoms with Crippen LogP contribution in [0.15, 0.2) is 24.3 Å². The summed E-state index contributed by atoms with van der Waals surface area (Å²) in [5.41, 5.74) is 2.38. The maximum Gasteiger partial charge on any atom is 0.125 e. The Morgan fingerprint density at radius 3 is 3.00 bits per heavy atom. The minimum Gasteiger partial charge on any atom is -0.374 e. The van der Waals surface area contributed by atoms with E-state index in [9.17, 15) is 5.11 Å². The smallest absolute Gasteiger partial charge is 0.125 e. The van der Waals surface area contributed by atoms with Gasteiger partial charge in [-0.2, -0.15) is 0 Å². The molecule has 1 aromatic rings. The van der Waals surface area contributed by atoms with Crippen molar-refractivity contribution in [2.75, 3.05) is 5.32 Å². The average molecular weight is 163 g/mol. The van der Waals surface area contributed by atoms with E-state index >= 15 is 0 Å². The number of aliphatic hydroxyl groups excluding tert-OH is 1. The molecule has 2 N–H and O–H groups in total. The summed E-state index contributed by atoms with van der Waals surface area (Å²) in [5.74, 6) is 0.456. The summed E-state index contributed by atoms with van der Waals surface area (Å²) in [6.07, 6.45) is 0.423. The number of aliphatic hydroxyl groups is 1. The molecule has 0 saturated carbocycles. The summed E-state index contributed by atoms with van der Waals surface area (Å²) in [5, 5.41) is 12.5. The third-order valence-corrected chi connectivity index (χ3v) is 2.39. The van der Waals surface area contributed by atoms with E-state index in [1.165, 1.54) is 5.56 Å². The lowest BCUT2D eigenvalue weighted by molar-refractivity contribution is 0.180. The average Bonchev–Trinajstić information content (AvgIpc) is 2.04. The van der Waals surface area contributed by atoms with E-state index in [1.54, 1.807) is 0 Å². The van der Waals surface area contributed by atoms with Gasteiger partial charge in [-0.25, -0.2) is 0 Å². The molecule has 64 valence electrons. The number of rotatable bonds is 0. The van der Waals surface area contributed by atoms with E-state index in [2.05, 4.69) is 18.3 Å². The van der Waals surface area contributed by atoms with Crippen LogP contribution in [0.4, 0.5) is 5.69 Å². The number of anilines is 1. The van der Waals surface area contributed by atoms with E-state index in [4.69, 9.17) is 0 Å². The molecule has 0 radical (unpaired) electrons. The van der Waals surface area contributed by atoms with E-state index < -0.39 is 0 Å². The van der Waals surface area contributed by atoms with Gasteiger partial charge in [-0.05, 0) is 24.0 Å². The number of nitrogens with one attached hydrogen (secondary N) is 1. The molecule has 0 saturated heterocycles. The lowest BCUT2D eigenvalue weighted by Crippen LogP contribution is -2.26. The molecular formula is C10H13NO. The van der Waals surface area contributed by atoms with Crippen molar-refractivity contribution in [2.45, 2.75) is 25.5 Å². The Morgan fingerprint density at radius 2 is 2.17 bits per heavy atom. The van der Waals surface area contributed by atoms with Crippen LogP contribution in [0.2, 0.25) is 0 Å². The molecule has 2 atom stereocenters. The van der Waals surface area contributed by atoms with E-state index in [1.807, 2.05) is 18.2 Å². The summed E-state index contributed by atoms with van der Waals surface area (Å²) in [4.78, 5) is 0. The predicted molar refractivity (Wildman–Crippen MR) is 49.1 cm³/mol. The minimum atomic E-state index is -0.380. The normalized spacial score (nSPS) is 27.5. The standard InChI is InChI=1S/C10H13NO/c1-7-6-10(12)11-9-5-3-2-4-8(7)9/h2-5,7,10-12H,6H2,1H3/t7-,10?/m1/s1. The summed E-state index contributed by atoms with van der Waals surface area (Å²) in [7, 11) is 0. The molecule has 2 heteroatoms. The van der Waals surface area contributed by atoms with Gasteiger partial charge in [0.2, 0.25) is 0 Å². The first-order valence-electron chi connectivity index (χ1n) is 4.31. The molecule has 1 heterocycles. The van der Waals surface area contributed by atoms with Gasteiger partial charge in [0.1, 0.15) is 6.23 Å². The van der Waals surface area contributed by atoms with Crippen LogP contribution in [0.3, 0.4) is 0 Å². The summed E-state index contributed by atoms with van der Waals surface area (Å²) < 4.78 is 0. The maximum atomic E-state index is 9.42. The number of fused-ring (bicyclic) bond motifs is 1. The van der Waals surface area contributed by atoms with Crippen molar-refractivity contribution >= 4 is 5.69 Å². The molecule has 0 bridgehead atoms. The Hall–Kier alpha value is -1.02. The maximum absolute atomic E-state index is 9.42. The monoisotopic (exact) mass is 163 g/mol. The molecular weight excluding hydrogens is 150 g/mol. The van der Waals surface area contributed by atoms with Crippen molar-refractivity contribution in [1.29, 1.82) is 0 Å². The lowest BCUT2D eigenvalue weighted by Gasteiger charge is -2.27. The van der Waals surface area contributed by atoms with Gasteiger partial charge in [-0.1, -0.05) is 25.1 Å². The largest absolute Gasteiger partial charge is 0.374 e. The molecule has 0 spiro atoms. The summed E-state index contributed by atoms with van der Waals surface area (Å²) >= 11 is 0. The van der Waals surface area contributed by atoms with Crippen LogP contribution in [0, 0.1) is 0 Å². The number of benzene rings is 1. The molecule has 2 rings (SSSR count). The van der Waals surface area contributed by atoms with Crippen molar-refractivity contribution < 1.29 is 5.11 Å². The number of hydrogen-bond acceptors (Lipinski definition) is 2. The van der Waals surface area contributed by atoms with Gasteiger partial charge in [-0.3, -0.25) is 0 Å². The second-order valence-corrected chi connectivity index (χ2v) is 3.38. The highest BCUT2D eigenvalue weighted by Gasteiger charge is 2.20. The zero-order chi connectivity index (χ0) is 8.55. The van der Waals surface area contributed by atoms with Crippen LogP contribution in [0.25, 0.3) is 0 Å². The molecule has 2 nitrogen and oxygen atoms in total. The van der Waals surface area contributed by atoms with Crippen molar-refractivity contribution in [3.05, 3.63) is 29.8 Å². The molecule has 0 amide bonds. The third kappa shape index (κ3) is 1.18. The van der Waals surface area contributed by atoms with Crippen molar-refractivity contribution in [3.8, 4) is 0 Å². The van der Waals surface area contributed by atoms with Gasteiger partial charge in [0, 0.05) is 5.69 Å². The fourth-order valence-electron chi connectivity index (χ4n) is 1.76. The molecule has 0 aliphatic carbocycles. The first-order chi connectivity index (χ1) is 5.77. The molecule has 0 aromatic heterocycles. The molecule has 1 unspecified atom stereocenters. The Labute approximate surface area is 72.2 Å². The Kier molecular flexibility index (Phi) is 1.77. The van der Waals surface area contributed by atoms with Crippen molar-refractivity contribution in [2.24, 2.45) is 0 Å². The Morgan fingerprint density at radius 1 is 1.42 bits per heavy atom. The molecule has 1 aliphatic rings. The van der Waals surface area contributed by atoms with Crippen molar-refractivity contribution in [1.82, 2.24) is 0 Å². The van der Waals surface area contributed by atoms with Crippen LogP contribution < -0.4 is 5.32 Å². The highest BCUT2D eigenvalue weighted by atomic mass is 16.3. The Bertz CT molecular complexity index is 285. The fourth-order valence-corrected chi connectivity index (χ4v) is 1.76. The molecule has 12 heavy (non-hydrogen) atoms. The van der Waals surface area contributed by atoms with E-state index in [-0.39, 0.29) is 6.23 Å². The number of hydrogen-bond donors (Lipinski definition) is 2. The van der Waals surface area contributed by atoms with Gasteiger partial charge >= 0.3 is 0 Å². The summed E-state index contributed by atoms with van der Waals surface area (Å²) in [6, 6.07) is 8.14. The van der Waals surface area contributed by atoms with Crippen LogP contribution in [0.1, 0.15) is 24.8 Å². The van der Waals surface area contributed by atoms with Crippen molar-refractivity contribution in [3.63, 3.8) is 0 Å². The molecule has 0 fully saturated rings. The lowest BCUT2D eigenvalue weighted by atomic mass is 9.92. The molecule has 1 aromatic carbocycles. The first kappa shape index (κ1) is 7.62. The van der Waals surface area contributed by atoms with Crippen LogP contribution in [0.5, 0.6) is 0 Å². The topological polar surface area (TPSA) is 32.3 Å². The van der Waals surface area contributed by atoms with Gasteiger partial charge < -0.3 is 10.4 Å². The minimum absolute atomic E-state index is 0.380. The SMILES string of the molecule is C[C@@H]1CC(O)Nc2ccccc21. The fraction of sp³-hybridized carbons (Fsp3) is 0.400. The second kappa shape index (κ2) is 2.79. The van der Waals surface area contributed by atoms with Crippen LogP contribution in [-0.2, 0) is 0 Å². The van der Waals surface area contributed by atoms with Gasteiger partial charge in [0.15, 0.2) is 0 Å². The zero-order valence-corrected chi connectivity index (χ0v) is 7.12. The first-order valence-corrected chi connectivity index (χ1v) is 4.31. The second-order valence-electron chi connectivity index (χ2n) is 3.38. The quantitative estimate of drug-likeness (QED) is 0.612. The zero-order valence-electron chi connectivity index (χ0n) is 7.12. The highest BCUT2D eigenvalue weighted by molar-refractivity contribution is 5.54. The summed E-state index contributed by atoms with van der Waals surface area (Å²) in [6.45, 7) is 2.14. The highest BCUT2D eigenvalue weighted by Crippen LogP contribution is 2.32. The van der Waals surface area contributed by atoms with Gasteiger partial charge in [0.05, 0.1) is 0 Å². The van der Waals surface area contributed by atoms with E-state index in [0.717, 1.165) is 12.1 Å². The van der Waals surface area contributed by atoms with Gasteiger partial charge in [0.25, 0.3) is 0 Å². The Balaban J connectivity index is 2.40. The van der Waals surface area contributed by atoms with Crippen LogP contribution >= 0.6 is 0 Å². The number of para-hydroxylation sites is 1. The third-order valence-electron chi connectivity index (χ3n) is 2.39.